The molecule has 2 unspecified atom stereocenters. The van der Waals surface area contributed by atoms with Gasteiger partial charge in [0.25, 0.3) is 5.91 Å². The number of benzene rings is 1. The lowest BCUT2D eigenvalue weighted by atomic mass is 10.1. The van der Waals surface area contributed by atoms with E-state index in [4.69, 9.17) is 14.2 Å². The minimum atomic E-state index is -0.719. The fourth-order valence-corrected chi connectivity index (χ4v) is 3.06. The number of fused-ring (bicyclic) bond motifs is 1. The Bertz CT molecular complexity index is 775. The van der Waals surface area contributed by atoms with Gasteiger partial charge in [0.2, 0.25) is 6.10 Å². The maximum atomic E-state index is 12.6. The predicted molar refractivity (Wildman–Crippen MR) is 96.8 cm³/mol. The molecular formula is C19H21N3O4. The molecule has 3 heterocycles. The number of hydrogen-bond donors (Lipinski definition) is 1. The summed E-state index contributed by atoms with van der Waals surface area (Å²) in [5.74, 6) is 1.85. The van der Waals surface area contributed by atoms with Crippen LogP contribution in [0.15, 0.2) is 42.6 Å². The van der Waals surface area contributed by atoms with Crippen LogP contribution in [-0.4, -0.2) is 49.4 Å². The highest BCUT2D eigenvalue weighted by atomic mass is 16.6. The van der Waals surface area contributed by atoms with E-state index in [2.05, 4.69) is 15.2 Å². The molecule has 4 rings (SSSR count). The van der Waals surface area contributed by atoms with Gasteiger partial charge in [-0.3, -0.25) is 4.79 Å². The van der Waals surface area contributed by atoms with Gasteiger partial charge in [0.05, 0.1) is 25.1 Å². The molecule has 0 bridgehead atoms. The number of rotatable bonds is 3. The number of nitrogens with one attached hydrogen (secondary N) is 1. The second kappa shape index (κ2) is 7.21. The number of aromatic nitrogens is 1. The van der Waals surface area contributed by atoms with Crippen molar-refractivity contribution in [1.29, 1.82) is 0 Å². The maximum Gasteiger partial charge on any atom is 0.269 e. The molecule has 7 heteroatoms. The van der Waals surface area contributed by atoms with Crippen molar-refractivity contribution in [2.45, 2.75) is 19.1 Å². The smallest absolute Gasteiger partial charge is 0.269 e. The van der Waals surface area contributed by atoms with E-state index in [0.29, 0.717) is 30.4 Å². The van der Waals surface area contributed by atoms with E-state index in [1.807, 2.05) is 37.3 Å². The zero-order valence-corrected chi connectivity index (χ0v) is 14.6. The fourth-order valence-electron chi connectivity index (χ4n) is 3.06. The molecule has 1 saturated heterocycles. The van der Waals surface area contributed by atoms with Gasteiger partial charge in [-0.05, 0) is 31.2 Å². The Morgan fingerprint density at radius 3 is 2.54 bits per heavy atom. The van der Waals surface area contributed by atoms with Crippen LogP contribution in [0.25, 0.3) is 0 Å². The third-order valence-corrected chi connectivity index (χ3v) is 4.45. The van der Waals surface area contributed by atoms with Crippen LogP contribution < -0.4 is 19.7 Å². The molecule has 1 fully saturated rings. The number of carbonyl (C=O) groups excluding carboxylic acids is 1. The molecule has 0 radical (unpaired) electrons. The Morgan fingerprint density at radius 1 is 1.12 bits per heavy atom. The monoisotopic (exact) mass is 355 g/mol. The van der Waals surface area contributed by atoms with Gasteiger partial charge < -0.3 is 24.4 Å². The molecule has 26 heavy (non-hydrogen) atoms. The van der Waals surface area contributed by atoms with Crippen molar-refractivity contribution < 1.29 is 19.0 Å². The zero-order valence-electron chi connectivity index (χ0n) is 14.6. The number of anilines is 2. The summed E-state index contributed by atoms with van der Waals surface area (Å²) < 4.78 is 16.9. The lowest BCUT2D eigenvalue weighted by Gasteiger charge is -2.31. The Balaban J connectivity index is 1.41. The van der Waals surface area contributed by atoms with Gasteiger partial charge in [0, 0.05) is 13.1 Å². The van der Waals surface area contributed by atoms with E-state index >= 15 is 0 Å². The number of hydrogen-bond acceptors (Lipinski definition) is 6. The number of carbonyl (C=O) groups is 1. The van der Waals surface area contributed by atoms with Crippen LogP contribution in [0.2, 0.25) is 0 Å². The Morgan fingerprint density at radius 2 is 1.85 bits per heavy atom. The van der Waals surface area contributed by atoms with Gasteiger partial charge in [-0.1, -0.05) is 12.1 Å². The van der Waals surface area contributed by atoms with E-state index in [1.165, 1.54) is 0 Å². The zero-order chi connectivity index (χ0) is 17.9. The third kappa shape index (κ3) is 3.43. The predicted octanol–water partition coefficient (Wildman–Crippen LogP) is 2.09. The summed E-state index contributed by atoms with van der Waals surface area (Å²) in [6.45, 7) is 4.88. The number of ether oxygens (including phenoxy) is 3. The fraction of sp³-hybridized carbons (Fsp3) is 0.368. The van der Waals surface area contributed by atoms with E-state index in [1.54, 1.807) is 12.3 Å². The topological polar surface area (TPSA) is 72.9 Å². The molecule has 1 aromatic carbocycles. The summed E-state index contributed by atoms with van der Waals surface area (Å²) in [5.41, 5.74) is 0.627. The molecule has 2 aromatic rings. The molecular weight excluding hydrogens is 334 g/mol. The van der Waals surface area contributed by atoms with Gasteiger partial charge in [-0.15, -0.1) is 0 Å². The van der Waals surface area contributed by atoms with E-state index in [0.717, 1.165) is 18.9 Å². The molecule has 2 aliphatic rings. The minimum Gasteiger partial charge on any atom is -0.482 e. The lowest BCUT2D eigenvalue weighted by molar-refractivity contribution is -0.128. The summed E-state index contributed by atoms with van der Waals surface area (Å²) in [4.78, 5) is 19.2. The van der Waals surface area contributed by atoms with E-state index < -0.39 is 6.10 Å². The van der Waals surface area contributed by atoms with E-state index in [9.17, 15) is 4.79 Å². The first-order valence-corrected chi connectivity index (χ1v) is 8.73. The SMILES string of the molecule is CC1Oc2ccccc2OC1C(=O)Nc1ccc(N2CCOCC2)nc1. The van der Waals surface area contributed by atoms with Crippen LogP contribution in [0.4, 0.5) is 11.5 Å². The first kappa shape index (κ1) is 16.7. The van der Waals surface area contributed by atoms with Crippen molar-refractivity contribution in [1.82, 2.24) is 4.98 Å². The van der Waals surface area contributed by atoms with Crippen LogP contribution in [0.1, 0.15) is 6.92 Å². The number of pyridine rings is 1. The van der Waals surface area contributed by atoms with Crippen molar-refractivity contribution in [2.75, 3.05) is 36.5 Å². The normalized spacial score (nSPS) is 22.0. The Kier molecular flexibility index (Phi) is 4.62. The average molecular weight is 355 g/mol. The Hall–Kier alpha value is -2.80. The standard InChI is InChI=1S/C19H21N3O4/c1-13-18(26-16-5-3-2-4-15(16)25-13)19(23)21-14-6-7-17(20-12-14)22-8-10-24-11-9-22/h2-7,12-13,18H,8-11H2,1H3,(H,21,23). The minimum absolute atomic E-state index is 0.257. The number of amides is 1. The first-order chi connectivity index (χ1) is 12.7. The van der Waals surface area contributed by atoms with Gasteiger partial charge >= 0.3 is 0 Å². The summed E-state index contributed by atoms with van der Waals surface area (Å²) in [6.07, 6.45) is 0.555. The van der Waals surface area contributed by atoms with Crippen LogP contribution >= 0.6 is 0 Å². The molecule has 136 valence electrons. The number of para-hydroxylation sites is 2. The number of nitrogens with zero attached hydrogens (tertiary/aromatic N) is 2. The molecule has 0 aliphatic carbocycles. The van der Waals surface area contributed by atoms with Gasteiger partial charge in [0.1, 0.15) is 11.9 Å². The molecule has 1 N–H and O–H groups in total. The average Bonchev–Trinajstić information content (AvgIpc) is 2.68. The van der Waals surface area contributed by atoms with Crippen molar-refractivity contribution >= 4 is 17.4 Å². The highest BCUT2D eigenvalue weighted by Crippen LogP contribution is 2.33. The van der Waals surface area contributed by atoms with Crippen molar-refractivity contribution in [2.24, 2.45) is 0 Å². The van der Waals surface area contributed by atoms with Gasteiger partial charge in [-0.25, -0.2) is 4.98 Å². The van der Waals surface area contributed by atoms with Crippen LogP contribution in [0, 0.1) is 0 Å². The summed E-state index contributed by atoms with van der Waals surface area (Å²) in [5, 5.41) is 2.85. The van der Waals surface area contributed by atoms with Crippen LogP contribution in [0.5, 0.6) is 11.5 Å². The highest BCUT2D eigenvalue weighted by molar-refractivity contribution is 5.95. The molecule has 2 atom stereocenters. The first-order valence-electron chi connectivity index (χ1n) is 8.73. The molecule has 1 aromatic heterocycles. The Labute approximate surface area is 151 Å². The van der Waals surface area contributed by atoms with Crippen molar-refractivity contribution in [3.63, 3.8) is 0 Å². The molecule has 0 saturated carbocycles. The summed E-state index contributed by atoms with van der Waals surface area (Å²) in [7, 11) is 0. The maximum absolute atomic E-state index is 12.6. The quantitative estimate of drug-likeness (QED) is 0.909. The molecule has 7 nitrogen and oxygen atoms in total. The van der Waals surface area contributed by atoms with E-state index in [-0.39, 0.29) is 12.0 Å². The lowest BCUT2D eigenvalue weighted by Crippen LogP contribution is -2.46. The summed E-state index contributed by atoms with van der Waals surface area (Å²) in [6, 6.07) is 11.1. The second-order valence-electron chi connectivity index (χ2n) is 6.30. The van der Waals surface area contributed by atoms with Gasteiger partial charge in [0.15, 0.2) is 11.5 Å². The molecule has 1 amide bonds. The van der Waals surface area contributed by atoms with Crippen LogP contribution in [-0.2, 0) is 9.53 Å². The largest absolute Gasteiger partial charge is 0.482 e. The van der Waals surface area contributed by atoms with Crippen molar-refractivity contribution in [3.05, 3.63) is 42.6 Å². The van der Waals surface area contributed by atoms with Crippen molar-refractivity contribution in [3.8, 4) is 11.5 Å². The van der Waals surface area contributed by atoms with Gasteiger partial charge in [-0.2, -0.15) is 0 Å². The second-order valence-corrected chi connectivity index (χ2v) is 6.30. The summed E-state index contributed by atoms with van der Waals surface area (Å²) >= 11 is 0. The highest BCUT2D eigenvalue weighted by Gasteiger charge is 2.34. The molecule has 0 spiro atoms. The van der Waals surface area contributed by atoms with Crippen LogP contribution in [0.3, 0.4) is 0 Å². The number of morpholine rings is 1. The third-order valence-electron chi connectivity index (χ3n) is 4.45. The molecule has 2 aliphatic heterocycles.